The second kappa shape index (κ2) is 7.25. The normalized spacial score (nSPS) is 10.7. The lowest BCUT2D eigenvalue weighted by molar-refractivity contribution is -0.115. The van der Waals surface area contributed by atoms with E-state index in [2.05, 4.69) is 15.4 Å². The first kappa shape index (κ1) is 17.5. The van der Waals surface area contributed by atoms with E-state index in [0.29, 0.717) is 21.6 Å². The first-order valence-corrected chi connectivity index (χ1v) is 8.41. The van der Waals surface area contributed by atoms with E-state index in [0.717, 1.165) is 17.0 Å². The van der Waals surface area contributed by atoms with Gasteiger partial charge < -0.3 is 5.32 Å². The van der Waals surface area contributed by atoms with Gasteiger partial charge in [-0.1, -0.05) is 29.3 Å². The van der Waals surface area contributed by atoms with E-state index < -0.39 is 0 Å². The van der Waals surface area contributed by atoms with Crippen LogP contribution in [0, 0.1) is 13.8 Å². The fourth-order valence-corrected chi connectivity index (χ4v) is 2.96. The monoisotopic (exact) mass is 374 g/mol. The zero-order chi connectivity index (χ0) is 18.0. The number of hydrogen-bond acceptors (Lipinski definition) is 3. The molecule has 0 radical (unpaired) electrons. The molecular weight excluding hydrogens is 359 g/mol. The molecule has 0 bridgehead atoms. The van der Waals surface area contributed by atoms with Crippen molar-refractivity contribution in [2.45, 2.75) is 20.3 Å². The Bertz CT molecular complexity index is 919. The van der Waals surface area contributed by atoms with Crippen LogP contribution in [-0.2, 0) is 11.2 Å². The first-order valence-electron chi connectivity index (χ1n) is 7.66. The topological polar surface area (TPSA) is 59.8 Å². The highest BCUT2D eigenvalue weighted by atomic mass is 35.5. The van der Waals surface area contributed by atoms with E-state index in [4.69, 9.17) is 23.2 Å². The zero-order valence-electron chi connectivity index (χ0n) is 13.8. The maximum absolute atomic E-state index is 12.2. The predicted molar refractivity (Wildman–Crippen MR) is 99.6 cm³/mol. The number of aromatic nitrogens is 3. The minimum Gasteiger partial charge on any atom is -0.324 e. The molecule has 3 aromatic rings. The number of carbonyl (C=O) groups excluding carboxylic acids is 1. The SMILES string of the molecule is Cc1cc(C)n(-c2ccc(NC(=O)Cc3ccc(Cl)cc3Cl)cn2)n1. The van der Waals surface area contributed by atoms with Gasteiger partial charge in [0.2, 0.25) is 5.91 Å². The van der Waals surface area contributed by atoms with Gasteiger partial charge in [-0.25, -0.2) is 9.67 Å². The van der Waals surface area contributed by atoms with Gasteiger partial charge in [-0.2, -0.15) is 5.10 Å². The fourth-order valence-electron chi connectivity index (χ4n) is 2.49. The Balaban J connectivity index is 1.68. The molecule has 0 aliphatic rings. The van der Waals surface area contributed by atoms with E-state index in [9.17, 15) is 4.79 Å². The summed E-state index contributed by atoms with van der Waals surface area (Å²) < 4.78 is 1.76. The number of hydrogen-bond donors (Lipinski definition) is 1. The van der Waals surface area contributed by atoms with Gasteiger partial charge >= 0.3 is 0 Å². The van der Waals surface area contributed by atoms with Crippen molar-refractivity contribution in [3.8, 4) is 5.82 Å². The number of rotatable bonds is 4. The minimum absolute atomic E-state index is 0.162. The Morgan fingerprint density at radius 2 is 1.96 bits per heavy atom. The smallest absolute Gasteiger partial charge is 0.228 e. The number of nitrogens with one attached hydrogen (secondary N) is 1. The number of nitrogens with zero attached hydrogens (tertiary/aromatic N) is 3. The molecular formula is C18H16Cl2N4O. The van der Waals surface area contributed by atoms with Gasteiger partial charge in [-0.05, 0) is 49.7 Å². The maximum Gasteiger partial charge on any atom is 0.228 e. The van der Waals surface area contributed by atoms with Gasteiger partial charge in [0.15, 0.2) is 5.82 Å². The Morgan fingerprint density at radius 1 is 1.16 bits per heavy atom. The maximum atomic E-state index is 12.2. The molecule has 25 heavy (non-hydrogen) atoms. The van der Waals surface area contributed by atoms with E-state index >= 15 is 0 Å². The summed E-state index contributed by atoms with van der Waals surface area (Å²) in [5.74, 6) is 0.522. The van der Waals surface area contributed by atoms with Crippen molar-refractivity contribution in [1.29, 1.82) is 0 Å². The molecule has 2 aromatic heterocycles. The highest BCUT2D eigenvalue weighted by molar-refractivity contribution is 6.35. The average molecular weight is 375 g/mol. The number of anilines is 1. The summed E-state index contributed by atoms with van der Waals surface area (Å²) in [6, 6.07) is 10.7. The van der Waals surface area contributed by atoms with Gasteiger partial charge in [0.05, 0.1) is 24.0 Å². The summed E-state index contributed by atoms with van der Waals surface area (Å²) in [4.78, 5) is 16.5. The molecule has 1 amide bonds. The standard InChI is InChI=1S/C18H16Cl2N4O/c1-11-7-12(2)24(23-11)17-6-5-15(10-21-17)22-18(25)8-13-3-4-14(19)9-16(13)20/h3-7,9-10H,8H2,1-2H3,(H,22,25). The lowest BCUT2D eigenvalue weighted by Gasteiger charge is -2.08. The molecule has 0 atom stereocenters. The van der Waals surface area contributed by atoms with E-state index in [-0.39, 0.29) is 12.3 Å². The quantitative estimate of drug-likeness (QED) is 0.737. The second-order valence-corrected chi connectivity index (χ2v) is 6.55. The Labute approximate surface area is 155 Å². The molecule has 0 aliphatic carbocycles. The van der Waals surface area contributed by atoms with Crippen LogP contribution in [0.4, 0.5) is 5.69 Å². The first-order chi connectivity index (χ1) is 11.9. The Morgan fingerprint density at radius 3 is 2.56 bits per heavy atom. The number of halogens is 2. The van der Waals surface area contributed by atoms with Crippen LogP contribution >= 0.6 is 23.2 Å². The molecule has 3 rings (SSSR count). The number of pyridine rings is 1. The summed E-state index contributed by atoms with van der Waals surface area (Å²) in [7, 11) is 0. The molecule has 0 spiro atoms. The Hall–Kier alpha value is -2.37. The third-order valence-corrected chi connectivity index (χ3v) is 4.21. The molecule has 0 fully saturated rings. The summed E-state index contributed by atoms with van der Waals surface area (Å²) >= 11 is 12.0. The van der Waals surface area contributed by atoms with Gasteiger partial charge in [0.25, 0.3) is 0 Å². The van der Waals surface area contributed by atoms with Crippen molar-refractivity contribution in [1.82, 2.24) is 14.8 Å². The van der Waals surface area contributed by atoms with Crippen LogP contribution in [0.15, 0.2) is 42.6 Å². The van der Waals surface area contributed by atoms with E-state index in [1.807, 2.05) is 26.0 Å². The van der Waals surface area contributed by atoms with E-state index in [1.54, 1.807) is 35.1 Å². The fraction of sp³-hybridized carbons (Fsp3) is 0.167. The largest absolute Gasteiger partial charge is 0.324 e. The number of benzene rings is 1. The van der Waals surface area contributed by atoms with Crippen molar-refractivity contribution in [2.75, 3.05) is 5.32 Å². The second-order valence-electron chi connectivity index (χ2n) is 5.70. The lowest BCUT2D eigenvalue weighted by Crippen LogP contribution is -2.15. The van der Waals surface area contributed by atoms with Crippen LogP contribution in [0.5, 0.6) is 0 Å². The molecule has 5 nitrogen and oxygen atoms in total. The summed E-state index contributed by atoms with van der Waals surface area (Å²) in [6.07, 6.45) is 1.77. The van der Waals surface area contributed by atoms with Crippen molar-refractivity contribution in [2.24, 2.45) is 0 Å². The molecule has 0 saturated heterocycles. The summed E-state index contributed by atoms with van der Waals surface area (Å²) in [5, 5.41) is 8.21. The molecule has 128 valence electrons. The zero-order valence-corrected chi connectivity index (χ0v) is 15.3. The van der Waals surface area contributed by atoms with Crippen LogP contribution < -0.4 is 5.32 Å². The molecule has 2 heterocycles. The van der Waals surface area contributed by atoms with Crippen LogP contribution in [0.1, 0.15) is 17.0 Å². The van der Waals surface area contributed by atoms with Crippen LogP contribution in [0.3, 0.4) is 0 Å². The highest BCUT2D eigenvalue weighted by Gasteiger charge is 2.09. The van der Waals surface area contributed by atoms with Crippen molar-refractivity contribution in [3.63, 3.8) is 0 Å². The molecule has 0 unspecified atom stereocenters. The van der Waals surface area contributed by atoms with Gasteiger partial charge in [0, 0.05) is 15.7 Å². The van der Waals surface area contributed by atoms with Crippen molar-refractivity contribution in [3.05, 3.63) is 69.6 Å². The van der Waals surface area contributed by atoms with Gasteiger partial charge in [-0.15, -0.1) is 0 Å². The molecule has 7 heteroatoms. The average Bonchev–Trinajstić information content (AvgIpc) is 2.89. The Kier molecular flexibility index (Phi) is 5.06. The van der Waals surface area contributed by atoms with Crippen LogP contribution in [-0.4, -0.2) is 20.7 Å². The van der Waals surface area contributed by atoms with Crippen molar-refractivity contribution < 1.29 is 4.79 Å². The van der Waals surface area contributed by atoms with Gasteiger partial charge in [0.1, 0.15) is 0 Å². The number of amides is 1. The van der Waals surface area contributed by atoms with Gasteiger partial charge in [-0.3, -0.25) is 4.79 Å². The van der Waals surface area contributed by atoms with Crippen LogP contribution in [0.2, 0.25) is 10.0 Å². The molecule has 1 N–H and O–H groups in total. The number of carbonyl (C=O) groups is 1. The molecule has 0 aliphatic heterocycles. The molecule has 1 aromatic carbocycles. The summed E-state index contributed by atoms with van der Waals surface area (Å²) in [6.45, 7) is 3.90. The lowest BCUT2D eigenvalue weighted by atomic mass is 10.1. The van der Waals surface area contributed by atoms with Crippen LogP contribution in [0.25, 0.3) is 5.82 Å². The summed E-state index contributed by atoms with van der Waals surface area (Å²) in [5.41, 5.74) is 3.26. The van der Waals surface area contributed by atoms with Crippen molar-refractivity contribution >= 4 is 34.8 Å². The number of aryl methyl sites for hydroxylation is 2. The third kappa shape index (κ3) is 4.18. The molecule has 0 saturated carbocycles. The minimum atomic E-state index is -0.176. The van der Waals surface area contributed by atoms with E-state index in [1.165, 1.54) is 0 Å². The highest BCUT2D eigenvalue weighted by Crippen LogP contribution is 2.22. The third-order valence-electron chi connectivity index (χ3n) is 3.62. The predicted octanol–water partition coefficient (Wildman–Crippen LogP) is 4.37.